The lowest BCUT2D eigenvalue weighted by atomic mass is 9.75. The third kappa shape index (κ3) is 2.99. The topological polar surface area (TPSA) is 113 Å². The summed E-state index contributed by atoms with van der Waals surface area (Å²) in [5.74, 6) is -0.365. The van der Waals surface area contributed by atoms with Crippen molar-refractivity contribution in [1.82, 2.24) is 25.1 Å². The predicted octanol–water partition coefficient (Wildman–Crippen LogP) is 0.899. The van der Waals surface area contributed by atoms with E-state index in [1.165, 1.54) is 0 Å². The molecule has 0 bridgehead atoms. The van der Waals surface area contributed by atoms with Gasteiger partial charge < -0.3 is 15.4 Å². The molecule has 0 unspecified atom stereocenters. The number of para-hydroxylation sites is 1. The van der Waals surface area contributed by atoms with E-state index in [-0.39, 0.29) is 29.4 Å². The third-order valence-corrected chi connectivity index (χ3v) is 4.82. The average Bonchev–Trinajstić information content (AvgIpc) is 3.03. The molecule has 134 valence electrons. The van der Waals surface area contributed by atoms with Gasteiger partial charge in [-0.3, -0.25) is 14.3 Å². The number of carbonyl (C=O) groups is 1. The Morgan fingerprint density at radius 1 is 1.38 bits per heavy atom. The van der Waals surface area contributed by atoms with Gasteiger partial charge in [0.15, 0.2) is 5.82 Å². The van der Waals surface area contributed by atoms with E-state index < -0.39 is 5.91 Å². The molecule has 8 nitrogen and oxygen atoms in total. The first-order valence-corrected chi connectivity index (χ1v) is 8.48. The molecule has 1 saturated carbocycles. The highest BCUT2D eigenvalue weighted by Gasteiger charge is 2.36. The minimum Gasteiger partial charge on any atom is -0.393 e. The second-order valence-electron chi connectivity index (χ2n) is 6.72. The van der Waals surface area contributed by atoms with Crippen LogP contribution in [0.1, 0.15) is 35.1 Å². The van der Waals surface area contributed by atoms with Crippen molar-refractivity contribution in [3.8, 4) is 0 Å². The second kappa shape index (κ2) is 6.38. The van der Waals surface area contributed by atoms with E-state index in [4.69, 9.17) is 0 Å². The first-order chi connectivity index (χ1) is 12.5. The quantitative estimate of drug-likeness (QED) is 0.645. The largest absolute Gasteiger partial charge is 0.393 e. The number of aliphatic hydroxyl groups excluding tert-OH is 1. The van der Waals surface area contributed by atoms with Crippen LogP contribution in [0.2, 0.25) is 0 Å². The minimum absolute atomic E-state index is 0.0255. The van der Waals surface area contributed by atoms with Crippen LogP contribution in [0.25, 0.3) is 10.9 Å². The summed E-state index contributed by atoms with van der Waals surface area (Å²) in [5, 5.41) is 17.2. The molecular weight excluding hydrogens is 334 g/mol. The van der Waals surface area contributed by atoms with Crippen LogP contribution < -0.4 is 10.9 Å². The number of fused-ring (bicyclic) bond motifs is 1. The van der Waals surface area contributed by atoms with Crippen LogP contribution in [0.15, 0.2) is 41.5 Å². The summed E-state index contributed by atoms with van der Waals surface area (Å²) in [4.78, 5) is 31.7. The lowest BCUT2D eigenvalue weighted by Crippen LogP contribution is -2.42. The van der Waals surface area contributed by atoms with Crippen LogP contribution >= 0.6 is 0 Å². The van der Waals surface area contributed by atoms with E-state index in [1.807, 2.05) is 6.20 Å². The molecule has 0 saturated heterocycles. The zero-order valence-electron chi connectivity index (χ0n) is 14.2. The number of aliphatic hydroxyl groups is 1. The molecule has 0 aliphatic heterocycles. The Labute approximate surface area is 148 Å². The van der Waals surface area contributed by atoms with Crippen LogP contribution in [0.3, 0.4) is 0 Å². The molecule has 3 aromatic rings. The molecule has 3 N–H and O–H groups in total. The number of carbonyl (C=O) groups excluding carboxylic acids is 1. The van der Waals surface area contributed by atoms with Gasteiger partial charge in [0.1, 0.15) is 0 Å². The van der Waals surface area contributed by atoms with E-state index >= 15 is 0 Å². The van der Waals surface area contributed by atoms with Gasteiger partial charge in [-0.2, -0.15) is 5.10 Å². The van der Waals surface area contributed by atoms with Gasteiger partial charge in [0.25, 0.3) is 11.5 Å². The highest BCUT2D eigenvalue weighted by Crippen LogP contribution is 2.38. The number of amides is 1. The molecule has 0 spiro atoms. The van der Waals surface area contributed by atoms with Crippen molar-refractivity contribution >= 4 is 16.8 Å². The number of nitrogens with zero attached hydrogens (tertiary/aromatic N) is 3. The van der Waals surface area contributed by atoms with Gasteiger partial charge in [-0.1, -0.05) is 12.1 Å². The molecule has 2 aromatic heterocycles. The fourth-order valence-corrected chi connectivity index (χ4v) is 3.38. The summed E-state index contributed by atoms with van der Waals surface area (Å²) in [5.41, 5.74) is 0.983. The van der Waals surface area contributed by atoms with Crippen molar-refractivity contribution in [3.63, 3.8) is 0 Å². The van der Waals surface area contributed by atoms with E-state index in [0.717, 1.165) is 5.56 Å². The molecule has 1 atom stereocenters. The molecule has 1 fully saturated rings. The summed E-state index contributed by atoms with van der Waals surface area (Å²) in [7, 11) is 1.81. The Morgan fingerprint density at radius 3 is 2.85 bits per heavy atom. The molecule has 1 aliphatic carbocycles. The van der Waals surface area contributed by atoms with Gasteiger partial charge in [0.05, 0.1) is 29.2 Å². The number of benzene rings is 1. The van der Waals surface area contributed by atoms with Crippen LogP contribution in [-0.4, -0.2) is 36.9 Å². The third-order valence-electron chi connectivity index (χ3n) is 4.82. The average molecular weight is 353 g/mol. The normalized spacial score (nSPS) is 20.5. The first-order valence-electron chi connectivity index (χ1n) is 8.48. The molecule has 8 heteroatoms. The van der Waals surface area contributed by atoms with Gasteiger partial charge in [-0.15, -0.1) is 0 Å². The lowest BCUT2D eigenvalue weighted by molar-refractivity contribution is 0.0234. The number of rotatable bonds is 4. The summed E-state index contributed by atoms with van der Waals surface area (Å²) in [6, 6.07) is 6.58. The predicted molar refractivity (Wildman–Crippen MR) is 94.5 cm³/mol. The standard InChI is InChI=1S/C18H19N5O3/c1-23-9-11(8-19-23)15(10-6-12(24)7-10)21-18(26)16-20-14-5-3-2-4-13(14)17(25)22-16/h2-5,8-10,12,15,24H,6-7H2,1H3,(H,21,26)(H,20,22,25)/t10?,12?,15-/m1/s1. The summed E-state index contributed by atoms with van der Waals surface area (Å²) in [6.07, 6.45) is 4.43. The van der Waals surface area contributed by atoms with Crippen LogP contribution in [0.4, 0.5) is 0 Å². The van der Waals surface area contributed by atoms with E-state index in [9.17, 15) is 14.7 Å². The van der Waals surface area contributed by atoms with Crippen molar-refractivity contribution in [1.29, 1.82) is 0 Å². The first kappa shape index (κ1) is 16.5. The maximum absolute atomic E-state index is 12.7. The molecule has 1 amide bonds. The Bertz CT molecular complexity index is 1020. The number of aromatic nitrogens is 4. The number of H-pyrrole nitrogens is 1. The van der Waals surface area contributed by atoms with Gasteiger partial charge in [0.2, 0.25) is 0 Å². The Kier molecular flexibility index (Phi) is 4.04. The number of nitrogens with one attached hydrogen (secondary N) is 2. The van der Waals surface area contributed by atoms with Gasteiger partial charge in [-0.05, 0) is 30.9 Å². The van der Waals surface area contributed by atoms with Crippen molar-refractivity contribution in [2.45, 2.75) is 25.0 Å². The SMILES string of the molecule is Cn1cc([C@H](NC(=O)c2nc3ccccc3c(=O)[nH]2)C2CC(O)C2)cn1. The molecular formula is C18H19N5O3. The maximum Gasteiger partial charge on any atom is 0.287 e. The molecule has 0 radical (unpaired) electrons. The van der Waals surface area contributed by atoms with Crippen molar-refractivity contribution in [2.75, 3.05) is 0 Å². The Balaban J connectivity index is 1.63. The molecule has 4 rings (SSSR count). The van der Waals surface area contributed by atoms with E-state index in [1.54, 1.807) is 42.2 Å². The van der Waals surface area contributed by atoms with Crippen LogP contribution in [-0.2, 0) is 7.05 Å². The molecule has 2 heterocycles. The zero-order valence-corrected chi connectivity index (χ0v) is 14.2. The highest BCUT2D eigenvalue weighted by molar-refractivity contribution is 5.92. The van der Waals surface area contributed by atoms with Gasteiger partial charge >= 0.3 is 0 Å². The fraction of sp³-hybridized carbons (Fsp3) is 0.333. The van der Waals surface area contributed by atoms with Crippen LogP contribution in [0.5, 0.6) is 0 Å². The zero-order chi connectivity index (χ0) is 18.3. The van der Waals surface area contributed by atoms with E-state index in [2.05, 4.69) is 20.4 Å². The monoisotopic (exact) mass is 353 g/mol. The smallest absolute Gasteiger partial charge is 0.287 e. The Hall–Kier alpha value is -3.00. The fourth-order valence-electron chi connectivity index (χ4n) is 3.38. The number of aromatic amines is 1. The van der Waals surface area contributed by atoms with Crippen molar-refractivity contribution in [2.24, 2.45) is 13.0 Å². The summed E-state index contributed by atoms with van der Waals surface area (Å²) in [6.45, 7) is 0. The van der Waals surface area contributed by atoms with Crippen LogP contribution in [0, 0.1) is 5.92 Å². The Morgan fingerprint density at radius 2 is 2.15 bits per heavy atom. The lowest BCUT2D eigenvalue weighted by Gasteiger charge is -2.37. The molecule has 1 aromatic carbocycles. The molecule has 26 heavy (non-hydrogen) atoms. The summed E-state index contributed by atoms with van der Waals surface area (Å²) >= 11 is 0. The molecule has 1 aliphatic rings. The highest BCUT2D eigenvalue weighted by atomic mass is 16.3. The van der Waals surface area contributed by atoms with Crippen molar-refractivity contribution in [3.05, 3.63) is 58.4 Å². The maximum atomic E-state index is 12.7. The number of aryl methyl sites for hydroxylation is 1. The van der Waals surface area contributed by atoms with Crippen molar-refractivity contribution < 1.29 is 9.90 Å². The van der Waals surface area contributed by atoms with Gasteiger partial charge in [-0.25, -0.2) is 4.98 Å². The number of hydrogen-bond acceptors (Lipinski definition) is 5. The number of hydrogen-bond donors (Lipinski definition) is 3. The minimum atomic E-state index is -0.455. The van der Waals surface area contributed by atoms with E-state index in [0.29, 0.717) is 23.7 Å². The second-order valence-corrected chi connectivity index (χ2v) is 6.72. The summed E-state index contributed by atoms with van der Waals surface area (Å²) < 4.78 is 1.67. The van der Waals surface area contributed by atoms with Gasteiger partial charge in [0, 0.05) is 18.8 Å².